The Kier molecular flexibility index (Phi) is 6.79. The number of hydrogen-bond acceptors (Lipinski definition) is 7. The molecule has 2 heterocycles. The van der Waals surface area contributed by atoms with Gasteiger partial charge in [0, 0.05) is 16.6 Å². The predicted molar refractivity (Wildman–Crippen MR) is 124 cm³/mol. The lowest BCUT2D eigenvalue weighted by Crippen LogP contribution is -2.21. The molecule has 4 rings (SSSR count). The van der Waals surface area contributed by atoms with Gasteiger partial charge in [-0.3, -0.25) is 14.9 Å². The second kappa shape index (κ2) is 10.1. The summed E-state index contributed by atoms with van der Waals surface area (Å²) in [5.74, 6) is -1.97. The summed E-state index contributed by atoms with van der Waals surface area (Å²) in [7, 11) is 0. The van der Waals surface area contributed by atoms with Crippen molar-refractivity contribution in [2.24, 2.45) is 0 Å². The number of benzene rings is 2. The van der Waals surface area contributed by atoms with E-state index in [4.69, 9.17) is 9.15 Å². The molecule has 0 bridgehead atoms. The SMILES string of the molecule is Cc1ccc(C(=O)OCC(=O)Nc2nc(-c3ccc(F)cc3)cs2)cc1NC(=O)c1ccco1. The molecule has 0 aliphatic rings. The normalized spacial score (nSPS) is 10.5. The summed E-state index contributed by atoms with van der Waals surface area (Å²) in [5.41, 5.74) is 2.60. The summed E-state index contributed by atoms with van der Waals surface area (Å²) in [6.45, 7) is 1.25. The van der Waals surface area contributed by atoms with Gasteiger partial charge in [0.2, 0.25) is 0 Å². The molecule has 0 spiro atoms. The topological polar surface area (TPSA) is 111 Å². The Labute approximate surface area is 197 Å². The highest BCUT2D eigenvalue weighted by molar-refractivity contribution is 7.14. The van der Waals surface area contributed by atoms with Crippen LogP contribution in [0.25, 0.3) is 11.3 Å². The van der Waals surface area contributed by atoms with E-state index in [9.17, 15) is 18.8 Å². The molecule has 0 saturated heterocycles. The number of rotatable bonds is 7. The summed E-state index contributed by atoms with van der Waals surface area (Å²) >= 11 is 1.19. The number of aryl methyl sites for hydroxylation is 1. The first-order valence-corrected chi connectivity index (χ1v) is 10.9. The number of nitrogens with zero attached hydrogens (tertiary/aromatic N) is 1. The quantitative estimate of drug-likeness (QED) is 0.365. The van der Waals surface area contributed by atoms with Crippen molar-refractivity contribution in [1.29, 1.82) is 0 Å². The van der Waals surface area contributed by atoms with E-state index in [1.54, 1.807) is 36.6 Å². The molecule has 0 fully saturated rings. The van der Waals surface area contributed by atoms with Crippen molar-refractivity contribution in [2.45, 2.75) is 6.92 Å². The van der Waals surface area contributed by atoms with Crippen LogP contribution in [-0.2, 0) is 9.53 Å². The van der Waals surface area contributed by atoms with E-state index >= 15 is 0 Å². The zero-order valence-corrected chi connectivity index (χ0v) is 18.6. The molecule has 4 aromatic rings. The summed E-state index contributed by atoms with van der Waals surface area (Å²) in [5, 5.41) is 7.28. The first-order valence-electron chi connectivity index (χ1n) is 10.0. The number of anilines is 2. The van der Waals surface area contributed by atoms with Gasteiger partial charge in [0.05, 0.1) is 17.5 Å². The molecule has 2 aromatic carbocycles. The predicted octanol–water partition coefficient (Wildman–Crippen LogP) is 4.90. The molecule has 0 saturated carbocycles. The third-order valence-corrected chi connectivity index (χ3v) is 5.45. The molecule has 2 aromatic heterocycles. The molecule has 0 aliphatic carbocycles. The van der Waals surface area contributed by atoms with Crippen molar-refractivity contribution in [3.63, 3.8) is 0 Å². The number of carbonyl (C=O) groups excluding carboxylic acids is 3. The average molecular weight is 479 g/mol. The van der Waals surface area contributed by atoms with Gasteiger partial charge in [-0.25, -0.2) is 14.2 Å². The van der Waals surface area contributed by atoms with Gasteiger partial charge in [0.1, 0.15) is 5.82 Å². The third-order valence-electron chi connectivity index (χ3n) is 4.69. The molecule has 0 atom stereocenters. The van der Waals surface area contributed by atoms with Crippen molar-refractivity contribution >= 4 is 39.9 Å². The van der Waals surface area contributed by atoms with E-state index < -0.39 is 24.4 Å². The van der Waals surface area contributed by atoms with Crippen LogP contribution in [0.2, 0.25) is 0 Å². The number of thiazole rings is 1. The second-order valence-electron chi connectivity index (χ2n) is 7.13. The summed E-state index contributed by atoms with van der Waals surface area (Å²) < 4.78 is 23.2. The minimum Gasteiger partial charge on any atom is -0.459 e. The first kappa shape index (κ1) is 22.9. The lowest BCUT2D eigenvalue weighted by atomic mass is 10.1. The number of ether oxygens (including phenoxy) is 1. The van der Waals surface area contributed by atoms with E-state index in [0.717, 1.165) is 5.56 Å². The standard InChI is InChI=1S/C24H18FN3O5S/c1-14-4-5-16(11-18(14)26-22(30)20-3-2-10-32-20)23(31)33-12-21(29)28-24-27-19(13-34-24)15-6-8-17(25)9-7-15/h2-11,13H,12H2,1H3,(H,26,30)(H,27,28,29). The molecule has 10 heteroatoms. The van der Waals surface area contributed by atoms with Crippen LogP contribution in [0.4, 0.5) is 15.2 Å². The van der Waals surface area contributed by atoms with Gasteiger partial charge in [-0.2, -0.15) is 0 Å². The average Bonchev–Trinajstić information content (AvgIpc) is 3.52. The molecule has 2 amide bonds. The number of amides is 2. The van der Waals surface area contributed by atoms with Gasteiger partial charge < -0.3 is 14.5 Å². The van der Waals surface area contributed by atoms with E-state index in [0.29, 0.717) is 22.1 Å². The number of carbonyl (C=O) groups is 3. The molecule has 0 unspecified atom stereocenters. The van der Waals surface area contributed by atoms with Gasteiger partial charge in [-0.1, -0.05) is 6.07 Å². The number of nitrogens with one attached hydrogen (secondary N) is 2. The van der Waals surface area contributed by atoms with Crippen molar-refractivity contribution in [3.05, 3.63) is 88.9 Å². The number of halogens is 1. The summed E-state index contributed by atoms with van der Waals surface area (Å²) in [6.07, 6.45) is 1.38. The van der Waals surface area contributed by atoms with Crippen LogP contribution >= 0.6 is 11.3 Å². The van der Waals surface area contributed by atoms with Crippen LogP contribution < -0.4 is 10.6 Å². The maximum absolute atomic E-state index is 13.1. The fourth-order valence-electron chi connectivity index (χ4n) is 2.93. The second-order valence-corrected chi connectivity index (χ2v) is 7.99. The number of aromatic nitrogens is 1. The molecule has 172 valence electrons. The minimum absolute atomic E-state index is 0.133. The fourth-order valence-corrected chi connectivity index (χ4v) is 3.67. The third kappa shape index (κ3) is 5.54. The zero-order chi connectivity index (χ0) is 24.1. The fraction of sp³-hybridized carbons (Fsp3) is 0.0833. The van der Waals surface area contributed by atoms with Gasteiger partial charge in [-0.05, 0) is 61.0 Å². The smallest absolute Gasteiger partial charge is 0.338 e. The van der Waals surface area contributed by atoms with Crippen LogP contribution in [0.5, 0.6) is 0 Å². The molecule has 8 nitrogen and oxygen atoms in total. The van der Waals surface area contributed by atoms with Gasteiger partial charge in [-0.15, -0.1) is 11.3 Å². The maximum Gasteiger partial charge on any atom is 0.338 e. The van der Waals surface area contributed by atoms with Gasteiger partial charge >= 0.3 is 5.97 Å². The van der Waals surface area contributed by atoms with E-state index in [2.05, 4.69) is 15.6 Å². The monoisotopic (exact) mass is 479 g/mol. The van der Waals surface area contributed by atoms with Crippen LogP contribution in [-0.4, -0.2) is 29.4 Å². The molecule has 0 aliphatic heterocycles. The van der Waals surface area contributed by atoms with Crippen LogP contribution in [0.1, 0.15) is 26.5 Å². The van der Waals surface area contributed by atoms with Crippen molar-refractivity contribution in [3.8, 4) is 11.3 Å². The zero-order valence-electron chi connectivity index (χ0n) is 17.8. The summed E-state index contributed by atoms with van der Waals surface area (Å²) in [6, 6.07) is 13.6. The van der Waals surface area contributed by atoms with Crippen LogP contribution in [0.15, 0.2) is 70.7 Å². The number of esters is 1. The Hall–Kier alpha value is -4.31. The van der Waals surface area contributed by atoms with Crippen LogP contribution in [0, 0.1) is 12.7 Å². The number of furan rings is 1. The molecule has 34 heavy (non-hydrogen) atoms. The Morgan fingerprint density at radius 3 is 2.62 bits per heavy atom. The summed E-state index contributed by atoms with van der Waals surface area (Å²) in [4.78, 5) is 41.1. The lowest BCUT2D eigenvalue weighted by Gasteiger charge is -2.10. The van der Waals surface area contributed by atoms with E-state index in [-0.39, 0.29) is 17.1 Å². The van der Waals surface area contributed by atoms with E-state index in [1.807, 2.05) is 0 Å². The highest BCUT2D eigenvalue weighted by atomic mass is 32.1. The number of hydrogen-bond donors (Lipinski definition) is 2. The largest absolute Gasteiger partial charge is 0.459 e. The maximum atomic E-state index is 13.1. The highest BCUT2D eigenvalue weighted by Gasteiger charge is 2.16. The highest BCUT2D eigenvalue weighted by Crippen LogP contribution is 2.25. The Balaban J connectivity index is 1.33. The van der Waals surface area contributed by atoms with E-state index in [1.165, 1.54) is 47.9 Å². The first-order chi connectivity index (χ1) is 16.4. The van der Waals surface area contributed by atoms with Gasteiger partial charge in [0.15, 0.2) is 17.5 Å². The molecular weight excluding hydrogens is 461 g/mol. The minimum atomic E-state index is -0.727. The Bertz CT molecular complexity index is 1330. The molecule has 2 N–H and O–H groups in total. The van der Waals surface area contributed by atoms with Crippen molar-refractivity contribution in [2.75, 3.05) is 17.2 Å². The van der Waals surface area contributed by atoms with Crippen molar-refractivity contribution in [1.82, 2.24) is 4.98 Å². The Morgan fingerprint density at radius 1 is 1.09 bits per heavy atom. The van der Waals surface area contributed by atoms with Crippen molar-refractivity contribution < 1.29 is 27.9 Å². The van der Waals surface area contributed by atoms with Crippen LogP contribution in [0.3, 0.4) is 0 Å². The van der Waals surface area contributed by atoms with Gasteiger partial charge in [0.25, 0.3) is 11.8 Å². The molecule has 0 radical (unpaired) electrons. The lowest BCUT2D eigenvalue weighted by molar-refractivity contribution is -0.119. The Morgan fingerprint density at radius 2 is 1.88 bits per heavy atom. The molecular formula is C24H18FN3O5S.